The van der Waals surface area contributed by atoms with E-state index in [2.05, 4.69) is 5.32 Å². The van der Waals surface area contributed by atoms with Crippen LogP contribution in [-0.2, 0) is 26.2 Å². The van der Waals surface area contributed by atoms with Gasteiger partial charge in [-0.2, -0.15) is 0 Å². The van der Waals surface area contributed by atoms with Crippen LogP contribution in [0.4, 0.5) is 5.69 Å². The maximum absolute atomic E-state index is 13.2. The van der Waals surface area contributed by atoms with Crippen LogP contribution in [0.5, 0.6) is 0 Å². The van der Waals surface area contributed by atoms with Crippen LogP contribution in [-0.4, -0.2) is 51.0 Å². The standard InChI is InChI=1S/C21H26ClN3O4S/c1-15-8-5-6-9-17(15)13-24(16(2)21(27)23-3)20(26)14-25(30(4,28)29)19-11-7-10-18(22)12-19/h5-12,16H,13-14H2,1-4H3,(H,23,27)/t16-/m1/s1. The molecule has 0 bridgehead atoms. The third-order valence-corrected chi connectivity index (χ3v) is 6.17. The molecule has 162 valence electrons. The summed E-state index contributed by atoms with van der Waals surface area (Å²) < 4.78 is 25.8. The van der Waals surface area contributed by atoms with Gasteiger partial charge in [-0.25, -0.2) is 8.42 Å². The maximum atomic E-state index is 13.2. The first-order chi connectivity index (χ1) is 14.0. The molecule has 2 aromatic rings. The molecule has 2 rings (SSSR count). The van der Waals surface area contributed by atoms with Gasteiger partial charge in [0.1, 0.15) is 12.6 Å². The average Bonchev–Trinajstić information content (AvgIpc) is 2.69. The van der Waals surface area contributed by atoms with Gasteiger partial charge in [0.15, 0.2) is 0 Å². The fourth-order valence-electron chi connectivity index (χ4n) is 3.01. The average molecular weight is 452 g/mol. The number of carbonyl (C=O) groups is 2. The molecule has 0 aliphatic carbocycles. The van der Waals surface area contributed by atoms with E-state index in [4.69, 9.17) is 11.6 Å². The summed E-state index contributed by atoms with van der Waals surface area (Å²) in [6, 6.07) is 13.0. The van der Waals surface area contributed by atoms with Crippen LogP contribution < -0.4 is 9.62 Å². The van der Waals surface area contributed by atoms with Gasteiger partial charge in [-0.15, -0.1) is 0 Å². The van der Waals surface area contributed by atoms with Gasteiger partial charge in [0, 0.05) is 18.6 Å². The van der Waals surface area contributed by atoms with E-state index in [9.17, 15) is 18.0 Å². The third-order valence-electron chi connectivity index (χ3n) is 4.79. The van der Waals surface area contributed by atoms with E-state index < -0.39 is 28.5 Å². The first-order valence-electron chi connectivity index (χ1n) is 9.33. The van der Waals surface area contributed by atoms with Crippen molar-refractivity contribution in [3.8, 4) is 0 Å². The van der Waals surface area contributed by atoms with Crippen LogP contribution in [0.25, 0.3) is 0 Å². The summed E-state index contributed by atoms with van der Waals surface area (Å²) in [6.07, 6.45) is 1.02. The van der Waals surface area contributed by atoms with E-state index in [-0.39, 0.29) is 18.1 Å². The van der Waals surface area contributed by atoms with Crippen LogP contribution >= 0.6 is 11.6 Å². The van der Waals surface area contributed by atoms with Crippen molar-refractivity contribution in [1.82, 2.24) is 10.2 Å². The summed E-state index contributed by atoms with van der Waals surface area (Å²) in [5, 5.41) is 2.89. The van der Waals surface area contributed by atoms with E-state index in [0.29, 0.717) is 5.02 Å². The lowest BCUT2D eigenvalue weighted by atomic mass is 10.1. The zero-order chi connectivity index (χ0) is 22.5. The number of anilines is 1. The molecule has 0 aromatic heterocycles. The van der Waals surface area contributed by atoms with Gasteiger partial charge in [0.25, 0.3) is 0 Å². The Balaban J connectivity index is 2.40. The van der Waals surface area contributed by atoms with Crippen molar-refractivity contribution in [2.45, 2.75) is 26.4 Å². The van der Waals surface area contributed by atoms with E-state index in [0.717, 1.165) is 21.7 Å². The Bertz CT molecular complexity index is 1030. The van der Waals surface area contributed by atoms with Crippen LogP contribution in [0, 0.1) is 6.92 Å². The molecule has 0 unspecified atom stereocenters. The molecule has 0 saturated carbocycles. The molecule has 0 fully saturated rings. The molecule has 0 saturated heterocycles. The number of aryl methyl sites for hydroxylation is 1. The number of rotatable bonds is 8. The zero-order valence-electron chi connectivity index (χ0n) is 17.4. The number of carbonyl (C=O) groups excluding carboxylic acids is 2. The molecule has 1 atom stereocenters. The summed E-state index contributed by atoms with van der Waals surface area (Å²) in [7, 11) is -2.28. The Morgan fingerprint density at radius 1 is 1.13 bits per heavy atom. The highest BCUT2D eigenvalue weighted by Gasteiger charge is 2.29. The van der Waals surface area contributed by atoms with Crippen molar-refractivity contribution in [3.05, 3.63) is 64.7 Å². The minimum absolute atomic E-state index is 0.174. The highest BCUT2D eigenvalue weighted by atomic mass is 35.5. The number of halogens is 1. The number of likely N-dealkylation sites (N-methyl/N-ethyl adjacent to an activating group) is 1. The molecule has 2 aromatic carbocycles. The van der Waals surface area contributed by atoms with Crippen LogP contribution in [0.2, 0.25) is 5.02 Å². The third kappa shape index (κ3) is 5.96. The van der Waals surface area contributed by atoms with Gasteiger partial charge < -0.3 is 10.2 Å². The lowest BCUT2D eigenvalue weighted by Gasteiger charge is -2.31. The van der Waals surface area contributed by atoms with Crippen LogP contribution in [0.15, 0.2) is 48.5 Å². The summed E-state index contributed by atoms with van der Waals surface area (Å²) in [5.74, 6) is -0.842. The fourth-order valence-corrected chi connectivity index (χ4v) is 4.03. The molecular formula is C21H26ClN3O4S. The Labute approximate surface area is 182 Å². The molecule has 0 spiro atoms. The lowest BCUT2D eigenvalue weighted by Crippen LogP contribution is -2.50. The van der Waals surface area contributed by atoms with Crippen molar-refractivity contribution in [2.75, 3.05) is 24.2 Å². The van der Waals surface area contributed by atoms with Crippen LogP contribution in [0.3, 0.4) is 0 Å². The zero-order valence-corrected chi connectivity index (χ0v) is 19.0. The van der Waals surface area contributed by atoms with Crippen LogP contribution in [0.1, 0.15) is 18.1 Å². The number of benzene rings is 2. The second-order valence-corrected chi connectivity index (χ2v) is 9.33. The smallest absolute Gasteiger partial charge is 0.244 e. The Hall–Kier alpha value is -2.58. The second kappa shape index (κ2) is 9.95. The molecule has 0 heterocycles. The fraction of sp³-hybridized carbons (Fsp3) is 0.333. The van der Waals surface area contributed by atoms with Gasteiger partial charge in [0.2, 0.25) is 21.8 Å². The predicted octanol–water partition coefficient (Wildman–Crippen LogP) is 2.58. The lowest BCUT2D eigenvalue weighted by molar-refractivity contribution is -0.139. The minimum atomic E-state index is -3.77. The van der Waals surface area contributed by atoms with Gasteiger partial charge in [-0.3, -0.25) is 13.9 Å². The van der Waals surface area contributed by atoms with Gasteiger partial charge in [-0.1, -0.05) is 41.9 Å². The van der Waals surface area contributed by atoms with Crippen molar-refractivity contribution < 1.29 is 18.0 Å². The van der Waals surface area contributed by atoms with Gasteiger partial charge in [0.05, 0.1) is 11.9 Å². The molecule has 1 N–H and O–H groups in total. The Morgan fingerprint density at radius 2 is 1.80 bits per heavy atom. The minimum Gasteiger partial charge on any atom is -0.357 e. The summed E-state index contributed by atoms with van der Waals surface area (Å²) >= 11 is 6.00. The van der Waals surface area contributed by atoms with E-state index >= 15 is 0 Å². The van der Waals surface area contributed by atoms with Gasteiger partial charge >= 0.3 is 0 Å². The summed E-state index contributed by atoms with van der Waals surface area (Å²) in [5.41, 5.74) is 2.12. The first-order valence-corrected chi connectivity index (χ1v) is 11.6. The molecule has 9 heteroatoms. The molecular weight excluding hydrogens is 426 g/mol. The van der Waals surface area contributed by atoms with E-state index in [1.807, 2.05) is 31.2 Å². The first kappa shape index (κ1) is 23.7. The quantitative estimate of drug-likeness (QED) is 0.668. The van der Waals surface area contributed by atoms with E-state index in [1.165, 1.54) is 18.0 Å². The van der Waals surface area contributed by atoms with E-state index in [1.54, 1.807) is 25.1 Å². The van der Waals surface area contributed by atoms with Crippen molar-refractivity contribution in [2.24, 2.45) is 0 Å². The second-order valence-electron chi connectivity index (χ2n) is 6.99. The number of nitrogens with one attached hydrogen (secondary N) is 1. The molecule has 0 radical (unpaired) electrons. The van der Waals surface area contributed by atoms with Gasteiger partial charge in [-0.05, 0) is 43.2 Å². The highest BCUT2D eigenvalue weighted by molar-refractivity contribution is 7.92. The summed E-state index contributed by atoms with van der Waals surface area (Å²) in [6.45, 7) is 3.25. The number of sulfonamides is 1. The molecule has 7 nitrogen and oxygen atoms in total. The SMILES string of the molecule is CNC(=O)[C@@H](C)N(Cc1ccccc1C)C(=O)CN(c1cccc(Cl)c1)S(C)(=O)=O. The number of amides is 2. The highest BCUT2D eigenvalue weighted by Crippen LogP contribution is 2.22. The number of hydrogen-bond acceptors (Lipinski definition) is 4. The monoisotopic (exact) mass is 451 g/mol. The largest absolute Gasteiger partial charge is 0.357 e. The van der Waals surface area contributed by atoms with Crippen molar-refractivity contribution in [1.29, 1.82) is 0 Å². The Kier molecular flexibility index (Phi) is 7.86. The maximum Gasteiger partial charge on any atom is 0.244 e. The number of hydrogen-bond donors (Lipinski definition) is 1. The molecule has 0 aliphatic rings. The van der Waals surface area contributed by atoms with Crippen molar-refractivity contribution >= 4 is 39.1 Å². The molecule has 0 aliphatic heterocycles. The molecule has 30 heavy (non-hydrogen) atoms. The topological polar surface area (TPSA) is 86.8 Å². The number of nitrogens with zero attached hydrogens (tertiary/aromatic N) is 2. The predicted molar refractivity (Wildman–Crippen MR) is 119 cm³/mol. The van der Waals surface area contributed by atoms with Crippen molar-refractivity contribution in [3.63, 3.8) is 0 Å². The Morgan fingerprint density at radius 3 is 2.37 bits per heavy atom. The summed E-state index contributed by atoms with van der Waals surface area (Å²) in [4.78, 5) is 26.9. The molecule has 2 amide bonds. The normalized spacial score (nSPS) is 12.2.